The molecule has 1 aliphatic heterocycles. The summed E-state index contributed by atoms with van der Waals surface area (Å²) in [6, 6.07) is 0. The summed E-state index contributed by atoms with van der Waals surface area (Å²) in [6.07, 6.45) is 3.42. The molecule has 15 heavy (non-hydrogen) atoms. The molecule has 1 heterocycles. The van der Waals surface area contributed by atoms with E-state index in [1.165, 1.54) is 6.92 Å². The van der Waals surface area contributed by atoms with Gasteiger partial charge in [0.2, 0.25) is 5.91 Å². The molecule has 0 aromatic heterocycles. The van der Waals surface area contributed by atoms with E-state index in [1.54, 1.807) is 11.0 Å². The quantitative estimate of drug-likeness (QED) is 0.715. The Morgan fingerprint density at radius 3 is 2.73 bits per heavy atom. The first-order chi connectivity index (χ1) is 7.02. The van der Waals surface area contributed by atoms with Gasteiger partial charge in [0.25, 0.3) is 0 Å². The maximum absolute atomic E-state index is 11.2. The maximum atomic E-state index is 11.2. The van der Waals surface area contributed by atoms with Gasteiger partial charge in [-0.05, 0) is 19.3 Å². The average molecular weight is 211 g/mol. The molecule has 84 valence electrons. The molecule has 1 fully saturated rings. The van der Waals surface area contributed by atoms with E-state index in [0.29, 0.717) is 25.9 Å². The highest BCUT2D eigenvalue weighted by Crippen LogP contribution is 2.34. The summed E-state index contributed by atoms with van der Waals surface area (Å²) in [5.41, 5.74) is -0.814. The van der Waals surface area contributed by atoms with Crippen molar-refractivity contribution < 1.29 is 14.7 Å². The molecule has 1 amide bonds. The van der Waals surface area contributed by atoms with Gasteiger partial charge in [-0.3, -0.25) is 9.59 Å². The van der Waals surface area contributed by atoms with Crippen molar-refractivity contribution in [3.05, 3.63) is 12.7 Å². The van der Waals surface area contributed by atoms with Gasteiger partial charge >= 0.3 is 5.97 Å². The number of carboxylic acid groups (broad SMARTS) is 1. The molecule has 0 aliphatic carbocycles. The van der Waals surface area contributed by atoms with Gasteiger partial charge in [0.05, 0.1) is 5.41 Å². The Hall–Kier alpha value is -1.32. The maximum Gasteiger partial charge on any atom is 0.311 e. The number of carboxylic acids is 1. The fraction of sp³-hybridized carbons (Fsp3) is 0.636. The first-order valence-electron chi connectivity index (χ1n) is 5.12. The lowest BCUT2D eigenvalue weighted by Crippen LogP contribution is -2.49. The lowest BCUT2D eigenvalue weighted by atomic mass is 9.77. The van der Waals surface area contributed by atoms with Crippen molar-refractivity contribution in [2.75, 3.05) is 13.1 Å². The second kappa shape index (κ2) is 4.47. The topological polar surface area (TPSA) is 57.6 Å². The Morgan fingerprint density at radius 2 is 2.27 bits per heavy atom. The van der Waals surface area contributed by atoms with E-state index in [9.17, 15) is 14.7 Å². The summed E-state index contributed by atoms with van der Waals surface area (Å²) in [7, 11) is 0. The van der Waals surface area contributed by atoms with E-state index in [2.05, 4.69) is 6.58 Å². The zero-order chi connectivity index (χ0) is 11.5. The molecule has 1 aliphatic rings. The van der Waals surface area contributed by atoms with Crippen molar-refractivity contribution in [2.45, 2.75) is 26.2 Å². The number of piperidine rings is 1. The molecule has 1 N–H and O–H groups in total. The van der Waals surface area contributed by atoms with Crippen LogP contribution in [0.25, 0.3) is 0 Å². The van der Waals surface area contributed by atoms with Gasteiger partial charge in [0.15, 0.2) is 0 Å². The molecule has 1 unspecified atom stereocenters. The van der Waals surface area contributed by atoms with Crippen molar-refractivity contribution in [2.24, 2.45) is 5.41 Å². The van der Waals surface area contributed by atoms with E-state index in [0.717, 1.165) is 6.42 Å². The summed E-state index contributed by atoms with van der Waals surface area (Å²) in [6.45, 7) is 6.04. The van der Waals surface area contributed by atoms with E-state index in [1.807, 2.05) is 0 Å². The number of hydrogen-bond acceptors (Lipinski definition) is 2. The molecule has 0 bridgehead atoms. The molecule has 0 radical (unpaired) electrons. The summed E-state index contributed by atoms with van der Waals surface area (Å²) in [5.74, 6) is -0.877. The Kier molecular flexibility index (Phi) is 3.50. The van der Waals surface area contributed by atoms with Crippen LogP contribution in [-0.4, -0.2) is 35.0 Å². The van der Waals surface area contributed by atoms with Crippen LogP contribution in [0.5, 0.6) is 0 Å². The Morgan fingerprint density at radius 1 is 1.60 bits per heavy atom. The van der Waals surface area contributed by atoms with E-state index < -0.39 is 11.4 Å². The largest absolute Gasteiger partial charge is 0.481 e. The predicted octanol–water partition coefficient (Wildman–Crippen LogP) is 1.28. The molecular weight excluding hydrogens is 194 g/mol. The summed E-state index contributed by atoms with van der Waals surface area (Å²) >= 11 is 0. The number of likely N-dealkylation sites (tertiary alicyclic amines) is 1. The molecule has 1 rings (SSSR count). The zero-order valence-electron chi connectivity index (χ0n) is 9.03. The Balaban J connectivity index is 2.84. The number of allylic oxidation sites excluding steroid dienone is 1. The molecule has 0 saturated carbocycles. The van der Waals surface area contributed by atoms with Gasteiger partial charge in [-0.15, -0.1) is 6.58 Å². The van der Waals surface area contributed by atoms with Crippen molar-refractivity contribution in [1.29, 1.82) is 0 Å². The van der Waals surface area contributed by atoms with Crippen LogP contribution in [0.3, 0.4) is 0 Å². The summed E-state index contributed by atoms with van der Waals surface area (Å²) in [5, 5.41) is 9.23. The minimum atomic E-state index is -0.826. The Labute approximate surface area is 89.6 Å². The standard InChI is InChI=1S/C11H17NO3/c1-3-5-11(10(14)15)6-4-7-12(8-11)9(2)13/h3H,1,4-8H2,2H3,(H,14,15). The smallest absolute Gasteiger partial charge is 0.311 e. The van der Waals surface area contributed by atoms with Gasteiger partial charge in [0.1, 0.15) is 0 Å². The molecule has 0 aromatic rings. The first-order valence-corrected chi connectivity index (χ1v) is 5.12. The third-order valence-electron chi connectivity index (χ3n) is 3.01. The molecular formula is C11H17NO3. The highest BCUT2D eigenvalue weighted by atomic mass is 16.4. The second-order valence-corrected chi connectivity index (χ2v) is 4.12. The van der Waals surface area contributed by atoms with Crippen molar-refractivity contribution >= 4 is 11.9 Å². The predicted molar refractivity (Wildman–Crippen MR) is 56.4 cm³/mol. The monoisotopic (exact) mass is 211 g/mol. The number of amides is 1. The van der Waals surface area contributed by atoms with Crippen LogP contribution in [0, 0.1) is 5.41 Å². The van der Waals surface area contributed by atoms with Crippen molar-refractivity contribution in [1.82, 2.24) is 4.90 Å². The van der Waals surface area contributed by atoms with Crippen molar-refractivity contribution in [3.8, 4) is 0 Å². The lowest BCUT2D eigenvalue weighted by Gasteiger charge is -2.39. The number of carbonyl (C=O) groups is 2. The molecule has 0 spiro atoms. The van der Waals surface area contributed by atoms with Crippen LogP contribution in [0.4, 0.5) is 0 Å². The fourth-order valence-electron chi connectivity index (χ4n) is 2.11. The molecule has 4 nitrogen and oxygen atoms in total. The van der Waals surface area contributed by atoms with Gasteiger partial charge in [-0.1, -0.05) is 6.08 Å². The van der Waals surface area contributed by atoms with E-state index in [4.69, 9.17) is 0 Å². The molecule has 1 saturated heterocycles. The fourth-order valence-corrected chi connectivity index (χ4v) is 2.11. The van der Waals surface area contributed by atoms with Crippen LogP contribution in [-0.2, 0) is 9.59 Å². The normalized spacial score (nSPS) is 26.1. The van der Waals surface area contributed by atoms with Crippen LogP contribution >= 0.6 is 0 Å². The Bertz CT molecular complexity index is 288. The third-order valence-corrected chi connectivity index (χ3v) is 3.01. The third kappa shape index (κ3) is 2.37. The lowest BCUT2D eigenvalue weighted by molar-refractivity contribution is -0.154. The highest BCUT2D eigenvalue weighted by molar-refractivity contribution is 5.78. The van der Waals surface area contributed by atoms with Gasteiger partial charge in [-0.25, -0.2) is 0 Å². The number of carbonyl (C=O) groups excluding carboxylic acids is 1. The van der Waals surface area contributed by atoms with Crippen LogP contribution in [0.1, 0.15) is 26.2 Å². The number of rotatable bonds is 3. The SMILES string of the molecule is C=CCC1(C(=O)O)CCCN(C(C)=O)C1. The number of aliphatic carboxylic acids is 1. The van der Waals surface area contributed by atoms with Crippen molar-refractivity contribution in [3.63, 3.8) is 0 Å². The molecule has 1 atom stereocenters. The summed E-state index contributed by atoms with van der Waals surface area (Å²) in [4.78, 5) is 24.1. The number of nitrogens with zero attached hydrogens (tertiary/aromatic N) is 1. The van der Waals surface area contributed by atoms with Gasteiger partial charge in [0, 0.05) is 20.0 Å². The minimum absolute atomic E-state index is 0.0515. The second-order valence-electron chi connectivity index (χ2n) is 4.12. The molecule has 4 heteroatoms. The van der Waals surface area contributed by atoms with Crippen LogP contribution < -0.4 is 0 Å². The van der Waals surface area contributed by atoms with E-state index >= 15 is 0 Å². The number of hydrogen-bond donors (Lipinski definition) is 1. The van der Waals surface area contributed by atoms with Crippen LogP contribution in [0.15, 0.2) is 12.7 Å². The van der Waals surface area contributed by atoms with Gasteiger partial charge in [-0.2, -0.15) is 0 Å². The zero-order valence-corrected chi connectivity index (χ0v) is 9.03. The summed E-state index contributed by atoms with van der Waals surface area (Å²) < 4.78 is 0. The average Bonchev–Trinajstić information content (AvgIpc) is 2.18. The van der Waals surface area contributed by atoms with Gasteiger partial charge < -0.3 is 10.0 Å². The van der Waals surface area contributed by atoms with E-state index in [-0.39, 0.29) is 5.91 Å². The highest BCUT2D eigenvalue weighted by Gasteiger charge is 2.41. The van der Waals surface area contributed by atoms with Crippen LogP contribution in [0.2, 0.25) is 0 Å². The minimum Gasteiger partial charge on any atom is -0.481 e. The first kappa shape index (κ1) is 11.8. The molecule has 0 aromatic carbocycles.